The number of benzene rings is 1. The van der Waals surface area contributed by atoms with E-state index in [9.17, 15) is 14.7 Å². The summed E-state index contributed by atoms with van der Waals surface area (Å²) in [5.74, 6) is 0.356. The zero-order valence-electron chi connectivity index (χ0n) is 21.0. The lowest BCUT2D eigenvalue weighted by Crippen LogP contribution is -2.59. The Morgan fingerprint density at radius 2 is 1.52 bits per heavy atom. The maximum absolute atomic E-state index is 13.3. The standard InChI is InChI=1S/C27H41NO3/c1-24(2,3)19-15-17(16-20(21(19)29)25(4,5)6)11-10-14-28-22(30)18-12-13-27(9,23(28)31)26(18,7)8/h15-16,18,29H,10-14H2,1-9H3/t18-,27+/m1/s1. The first kappa shape index (κ1) is 23.8. The van der Waals surface area contributed by atoms with Gasteiger partial charge in [0.1, 0.15) is 5.75 Å². The van der Waals surface area contributed by atoms with Crippen LogP contribution in [0.3, 0.4) is 0 Å². The number of nitrogens with zero attached hydrogens (tertiary/aromatic N) is 1. The normalized spacial score (nSPS) is 26.0. The summed E-state index contributed by atoms with van der Waals surface area (Å²) in [6, 6.07) is 4.19. The number of hydrogen-bond acceptors (Lipinski definition) is 3. The Morgan fingerprint density at radius 1 is 1.00 bits per heavy atom. The lowest BCUT2D eigenvalue weighted by atomic mass is 9.62. The Bertz CT molecular complexity index is 865. The molecule has 2 fully saturated rings. The van der Waals surface area contributed by atoms with Gasteiger partial charge in [0.25, 0.3) is 0 Å². The van der Waals surface area contributed by atoms with Gasteiger partial charge in [0.05, 0.1) is 5.41 Å². The summed E-state index contributed by atoms with van der Waals surface area (Å²) in [7, 11) is 0. The monoisotopic (exact) mass is 427 g/mol. The topological polar surface area (TPSA) is 57.6 Å². The Kier molecular flexibility index (Phi) is 5.65. The molecule has 0 radical (unpaired) electrons. The summed E-state index contributed by atoms with van der Waals surface area (Å²) < 4.78 is 0. The molecule has 0 spiro atoms. The second kappa shape index (κ2) is 7.35. The average molecular weight is 428 g/mol. The molecular formula is C27H41NO3. The zero-order chi connectivity index (χ0) is 23.6. The minimum atomic E-state index is -0.442. The van der Waals surface area contributed by atoms with Gasteiger partial charge in [-0.25, -0.2) is 0 Å². The first-order valence-corrected chi connectivity index (χ1v) is 11.7. The van der Waals surface area contributed by atoms with Crippen LogP contribution in [0.1, 0.15) is 98.3 Å². The SMILES string of the molecule is CC(C)(C)c1cc(CCCN2C(=O)[C@H]3CC[C@@](C)(C2=O)C3(C)C)cc(C(C)(C)C)c1O. The highest BCUT2D eigenvalue weighted by Gasteiger charge is 2.64. The molecule has 2 bridgehead atoms. The first-order chi connectivity index (χ1) is 14.0. The number of piperidine rings is 1. The highest BCUT2D eigenvalue weighted by atomic mass is 16.3. The van der Waals surface area contributed by atoms with Crippen molar-refractivity contribution in [3.8, 4) is 5.75 Å². The van der Waals surface area contributed by atoms with Crippen LogP contribution in [0.2, 0.25) is 0 Å². The summed E-state index contributed by atoms with van der Waals surface area (Å²) in [6.45, 7) is 19.3. The molecule has 1 aromatic carbocycles. The second-order valence-electron chi connectivity index (χ2n) is 12.6. The molecule has 1 aromatic rings. The maximum atomic E-state index is 13.3. The molecule has 2 atom stereocenters. The molecule has 4 nitrogen and oxygen atoms in total. The molecule has 1 heterocycles. The van der Waals surface area contributed by atoms with Crippen LogP contribution >= 0.6 is 0 Å². The van der Waals surface area contributed by atoms with E-state index in [0.717, 1.165) is 42.4 Å². The summed E-state index contributed by atoms with van der Waals surface area (Å²) in [4.78, 5) is 27.9. The van der Waals surface area contributed by atoms with E-state index in [1.165, 1.54) is 0 Å². The fraction of sp³-hybridized carbons (Fsp3) is 0.704. The Labute approximate surface area is 188 Å². The van der Waals surface area contributed by atoms with Crippen molar-refractivity contribution in [1.29, 1.82) is 0 Å². The van der Waals surface area contributed by atoms with Crippen molar-refractivity contribution in [2.75, 3.05) is 6.54 Å². The quantitative estimate of drug-likeness (QED) is 0.624. The zero-order valence-corrected chi connectivity index (χ0v) is 21.0. The molecule has 2 aliphatic rings. The fourth-order valence-corrected chi connectivity index (χ4v) is 5.54. The molecule has 1 aliphatic carbocycles. The number of amides is 2. The van der Waals surface area contributed by atoms with Gasteiger partial charge in [-0.05, 0) is 58.6 Å². The smallest absolute Gasteiger partial charge is 0.235 e. The Hall–Kier alpha value is -1.84. The van der Waals surface area contributed by atoms with Crippen LogP contribution in [0, 0.1) is 16.7 Å². The number of phenols is 1. The van der Waals surface area contributed by atoms with Gasteiger partial charge >= 0.3 is 0 Å². The molecule has 1 N–H and O–H groups in total. The van der Waals surface area contributed by atoms with E-state index in [-0.39, 0.29) is 34.0 Å². The molecule has 172 valence electrons. The molecule has 4 heteroatoms. The van der Waals surface area contributed by atoms with Gasteiger partial charge in [0.2, 0.25) is 11.8 Å². The van der Waals surface area contributed by atoms with Gasteiger partial charge in [0.15, 0.2) is 0 Å². The van der Waals surface area contributed by atoms with Crippen molar-refractivity contribution >= 4 is 11.8 Å². The van der Waals surface area contributed by atoms with E-state index in [4.69, 9.17) is 0 Å². The van der Waals surface area contributed by atoms with Crippen molar-refractivity contribution in [3.63, 3.8) is 0 Å². The van der Waals surface area contributed by atoms with E-state index in [0.29, 0.717) is 12.3 Å². The number of imide groups is 1. The van der Waals surface area contributed by atoms with Crippen LogP contribution in [0.15, 0.2) is 12.1 Å². The summed E-state index contributed by atoms with van der Waals surface area (Å²) in [6.07, 6.45) is 3.12. The van der Waals surface area contributed by atoms with E-state index in [2.05, 4.69) is 67.5 Å². The third-order valence-corrected chi connectivity index (χ3v) is 8.14. The van der Waals surface area contributed by atoms with Crippen LogP contribution in [-0.2, 0) is 26.8 Å². The molecule has 1 saturated carbocycles. The highest BCUT2D eigenvalue weighted by Crippen LogP contribution is 2.60. The van der Waals surface area contributed by atoms with E-state index >= 15 is 0 Å². The molecular weight excluding hydrogens is 386 g/mol. The van der Waals surface area contributed by atoms with Crippen molar-refractivity contribution in [1.82, 2.24) is 4.90 Å². The van der Waals surface area contributed by atoms with Crippen LogP contribution in [-0.4, -0.2) is 28.4 Å². The van der Waals surface area contributed by atoms with Gasteiger partial charge in [0, 0.05) is 12.5 Å². The number of carbonyl (C=O) groups excluding carboxylic acids is 2. The van der Waals surface area contributed by atoms with Crippen molar-refractivity contribution in [2.24, 2.45) is 16.7 Å². The average Bonchev–Trinajstić information content (AvgIpc) is 2.81. The number of fused-ring (bicyclic) bond motifs is 2. The minimum Gasteiger partial charge on any atom is -0.507 e. The molecule has 3 rings (SSSR count). The van der Waals surface area contributed by atoms with E-state index < -0.39 is 5.41 Å². The molecule has 2 amide bonds. The number of likely N-dealkylation sites (tertiary alicyclic amines) is 1. The van der Waals surface area contributed by atoms with Gasteiger partial charge in [-0.3, -0.25) is 14.5 Å². The van der Waals surface area contributed by atoms with Gasteiger partial charge in [-0.15, -0.1) is 0 Å². The van der Waals surface area contributed by atoms with E-state index in [1.807, 2.05) is 6.92 Å². The predicted molar refractivity (Wildman–Crippen MR) is 125 cm³/mol. The van der Waals surface area contributed by atoms with Gasteiger partial charge in [-0.2, -0.15) is 0 Å². The van der Waals surface area contributed by atoms with Crippen LogP contribution < -0.4 is 0 Å². The van der Waals surface area contributed by atoms with Crippen LogP contribution in [0.5, 0.6) is 5.75 Å². The molecule has 31 heavy (non-hydrogen) atoms. The Morgan fingerprint density at radius 3 is 2.00 bits per heavy atom. The van der Waals surface area contributed by atoms with Gasteiger partial charge in [-0.1, -0.05) is 74.4 Å². The molecule has 0 unspecified atom stereocenters. The largest absolute Gasteiger partial charge is 0.507 e. The third-order valence-electron chi connectivity index (χ3n) is 8.14. The van der Waals surface area contributed by atoms with Crippen LogP contribution in [0.4, 0.5) is 0 Å². The van der Waals surface area contributed by atoms with Crippen molar-refractivity contribution in [2.45, 2.75) is 98.8 Å². The third kappa shape index (κ3) is 3.81. The number of carbonyl (C=O) groups is 2. The predicted octanol–water partition coefficient (Wildman–Crippen LogP) is 5.73. The summed E-state index contributed by atoms with van der Waals surface area (Å²) in [5.41, 5.74) is 2.01. The molecule has 1 saturated heterocycles. The fourth-order valence-electron chi connectivity index (χ4n) is 5.54. The van der Waals surface area contributed by atoms with E-state index in [1.54, 1.807) is 4.90 Å². The second-order valence-corrected chi connectivity index (χ2v) is 12.6. The maximum Gasteiger partial charge on any atom is 0.235 e. The molecule has 1 aliphatic heterocycles. The first-order valence-electron chi connectivity index (χ1n) is 11.7. The van der Waals surface area contributed by atoms with Crippen molar-refractivity contribution in [3.05, 3.63) is 28.8 Å². The lowest BCUT2D eigenvalue weighted by molar-refractivity contribution is -0.167. The number of aryl methyl sites for hydroxylation is 1. The number of aromatic hydroxyl groups is 1. The molecule has 0 aromatic heterocycles. The lowest BCUT2D eigenvalue weighted by Gasteiger charge is -2.47. The number of rotatable bonds is 4. The van der Waals surface area contributed by atoms with Crippen LogP contribution in [0.25, 0.3) is 0 Å². The van der Waals surface area contributed by atoms with Crippen molar-refractivity contribution < 1.29 is 14.7 Å². The minimum absolute atomic E-state index is 0.00715. The number of hydrogen-bond donors (Lipinski definition) is 1. The van der Waals surface area contributed by atoms with Gasteiger partial charge < -0.3 is 5.11 Å². The Balaban J connectivity index is 1.81. The number of phenolic OH excluding ortho intramolecular Hbond substituents is 1. The summed E-state index contributed by atoms with van der Waals surface area (Å²) in [5, 5.41) is 10.9. The highest BCUT2D eigenvalue weighted by molar-refractivity contribution is 6.03. The summed E-state index contributed by atoms with van der Waals surface area (Å²) >= 11 is 0.